The van der Waals surface area contributed by atoms with Crippen LogP contribution in [0.25, 0.3) is 0 Å². The molecule has 1 unspecified atom stereocenters. The Hall–Kier alpha value is -0.610. The van der Waals surface area contributed by atoms with E-state index in [1.54, 1.807) is 24.3 Å². The summed E-state index contributed by atoms with van der Waals surface area (Å²) in [4.78, 5) is 0. The first-order valence-corrected chi connectivity index (χ1v) is 5.62. The molecule has 1 atom stereocenters. The molecule has 3 N–H and O–H groups in total. The predicted octanol–water partition coefficient (Wildman–Crippen LogP) is 1.73. The molecule has 0 heterocycles. The average Bonchev–Trinajstić information content (AvgIpc) is 2.27. The Kier molecular flexibility index (Phi) is 4.74. The van der Waals surface area contributed by atoms with Gasteiger partial charge in [-0.15, -0.1) is 0 Å². The summed E-state index contributed by atoms with van der Waals surface area (Å²) in [6.07, 6.45) is -0.594. The van der Waals surface area contributed by atoms with E-state index in [4.69, 9.17) is 16.7 Å². The third-order valence-corrected chi connectivity index (χ3v) is 2.68. The lowest BCUT2D eigenvalue weighted by molar-refractivity contribution is 0.136. The maximum Gasteiger partial charge on any atom is 0.0914 e. The maximum atomic E-state index is 9.88. The molecular formula is C12H18ClNO2. The molecule has 16 heavy (non-hydrogen) atoms. The monoisotopic (exact) mass is 243 g/mol. The Morgan fingerprint density at radius 3 is 2.38 bits per heavy atom. The van der Waals surface area contributed by atoms with Crippen molar-refractivity contribution in [3.8, 4) is 0 Å². The number of β-amino-alcohol motifs (C(OH)–C–C–N with tert-alkyl or cyclic N) is 1. The minimum Gasteiger partial charge on any atom is -0.394 e. The van der Waals surface area contributed by atoms with E-state index in [0.717, 1.165) is 5.56 Å². The van der Waals surface area contributed by atoms with Crippen LogP contribution in [0, 0.1) is 0 Å². The molecule has 1 rings (SSSR count). The molecule has 0 aromatic heterocycles. The highest BCUT2D eigenvalue weighted by Crippen LogP contribution is 2.16. The van der Waals surface area contributed by atoms with E-state index in [1.807, 2.05) is 13.8 Å². The van der Waals surface area contributed by atoms with Gasteiger partial charge in [-0.25, -0.2) is 0 Å². The quantitative estimate of drug-likeness (QED) is 0.738. The highest BCUT2D eigenvalue weighted by Gasteiger charge is 2.17. The van der Waals surface area contributed by atoms with Crippen molar-refractivity contribution < 1.29 is 10.2 Å². The summed E-state index contributed by atoms with van der Waals surface area (Å²) in [6.45, 7) is 4.18. The van der Waals surface area contributed by atoms with Gasteiger partial charge in [-0.3, -0.25) is 0 Å². The Labute approximate surface area is 101 Å². The topological polar surface area (TPSA) is 52.5 Å². The molecule has 0 spiro atoms. The summed E-state index contributed by atoms with van der Waals surface area (Å²) in [6, 6.07) is 7.08. The van der Waals surface area contributed by atoms with Gasteiger partial charge in [0.15, 0.2) is 0 Å². The second kappa shape index (κ2) is 5.64. The molecule has 0 saturated heterocycles. The van der Waals surface area contributed by atoms with E-state index >= 15 is 0 Å². The van der Waals surface area contributed by atoms with Crippen LogP contribution in [-0.4, -0.2) is 28.9 Å². The standard InChI is InChI=1S/C12H18ClNO2/c1-12(2,8-15)14-7-11(16)9-3-5-10(13)6-4-9/h3-6,11,14-16H,7-8H2,1-2H3. The highest BCUT2D eigenvalue weighted by atomic mass is 35.5. The summed E-state index contributed by atoms with van der Waals surface area (Å²) in [5.74, 6) is 0. The van der Waals surface area contributed by atoms with Gasteiger partial charge in [-0.1, -0.05) is 23.7 Å². The number of rotatable bonds is 5. The van der Waals surface area contributed by atoms with Crippen LogP contribution in [0.1, 0.15) is 25.5 Å². The van der Waals surface area contributed by atoms with Gasteiger partial charge >= 0.3 is 0 Å². The Morgan fingerprint density at radius 2 is 1.88 bits per heavy atom. The van der Waals surface area contributed by atoms with Crippen LogP contribution >= 0.6 is 11.6 Å². The largest absolute Gasteiger partial charge is 0.394 e. The Balaban J connectivity index is 2.53. The molecule has 0 amide bonds. The van der Waals surface area contributed by atoms with Crippen molar-refractivity contribution in [1.82, 2.24) is 5.32 Å². The van der Waals surface area contributed by atoms with Crippen molar-refractivity contribution in [2.75, 3.05) is 13.2 Å². The van der Waals surface area contributed by atoms with Crippen molar-refractivity contribution in [3.63, 3.8) is 0 Å². The first-order chi connectivity index (χ1) is 7.44. The van der Waals surface area contributed by atoms with Crippen molar-refractivity contribution in [1.29, 1.82) is 0 Å². The summed E-state index contributed by atoms with van der Waals surface area (Å²) < 4.78 is 0. The lowest BCUT2D eigenvalue weighted by Gasteiger charge is -2.25. The van der Waals surface area contributed by atoms with Gasteiger partial charge in [0.2, 0.25) is 0 Å². The molecular weight excluding hydrogens is 226 g/mol. The molecule has 4 heteroatoms. The minimum atomic E-state index is -0.594. The van der Waals surface area contributed by atoms with Crippen LogP contribution in [0.4, 0.5) is 0 Å². The van der Waals surface area contributed by atoms with Gasteiger partial charge in [-0.05, 0) is 31.5 Å². The number of aliphatic hydroxyl groups excluding tert-OH is 2. The van der Waals surface area contributed by atoms with E-state index < -0.39 is 6.10 Å². The Bertz CT molecular complexity index is 324. The van der Waals surface area contributed by atoms with Crippen LogP contribution in [0.5, 0.6) is 0 Å². The van der Waals surface area contributed by atoms with Gasteiger partial charge in [0.05, 0.1) is 12.7 Å². The first-order valence-electron chi connectivity index (χ1n) is 5.24. The normalized spacial score (nSPS) is 13.8. The second-order valence-electron chi connectivity index (χ2n) is 4.49. The van der Waals surface area contributed by atoms with Crippen molar-refractivity contribution in [2.45, 2.75) is 25.5 Å². The Morgan fingerprint density at radius 1 is 1.31 bits per heavy atom. The molecule has 1 aromatic rings. The summed E-state index contributed by atoms with van der Waals surface area (Å²) in [5.41, 5.74) is 0.429. The number of halogens is 1. The predicted molar refractivity (Wildman–Crippen MR) is 65.6 cm³/mol. The molecule has 0 fully saturated rings. The number of hydrogen-bond donors (Lipinski definition) is 3. The molecule has 0 radical (unpaired) electrons. The lowest BCUT2D eigenvalue weighted by atomic mass is 10.1. The fourth-order valence-electron chi connectivity index (χ4n) is 1.23. The number of benzene rings is 1. The molecule has 0 saturated carbocycles. The van der Waals surface area contributed by atoms with Crippen molar-refractivity contribution >= 4 is 11.6 Å². The van der Waals surface area contributed by atoms with Crippen LogP contribution in [0.2, 0.25) is 5.02 Å². The van der Waals surface area contributed by atoms with Gasteiger partial charge in [0, 0.05) is 17.1 Å². The SMILES string of the molecule is CC(C)(CO)NCC(O)c1ccc(Cl)cc1. The second-order valence-corrected chi connectivity index (χ2v) is 4.93. The lowest BCUT2D eigenvalue weighted by Crippen LogP contribution is -2.44. The van der Waals surface area contributed by atoms with E-state index in [-0.39, 0.29) is 12.1 Å². The number of aliphatic hydroxyl groups is 2. The third kappa shape index (κ3) is 4.10. The zero-order chi connectivity index (χ0) is 12.2. The molecule has 3 nitrogen and oxygen atoms in total. The van der Waals surface area contributed by atoms with E-state index in [1.165, 1.54) is 0 Å². The molecule has 0 aliphatic carbocycles. The van der Waals surface area contributed by atoms with E-state index in [0.29, 0.717) is 11.6 Å². The molecule has 0 aliphatic rings. The van der Waals surface area contributed by atoms with Crippen molar-refractivity contribution in [2.24, 2.45) is 0 Å². The molecule has 0 aliphatic heterocycles. The molecule has 90 valence electrons. The average molecular weight is 244 g/mol. The van der Waals surface area contributed by atoms with Crippen LogP contribution in [0.3, 0.4) is 0 Å². The van der Waals surface area contributed by atoms with E-state index in [2.05, 4.69) is 5.32 Å². The van der Waals surface area contributed by atoms with Gasteiger partial charge in [0.1, 0.15) is 0 Å². The van der Waals surface area contributed by atoms with Crippen molar-refractivity contribution in [3.05, 3.63) is 34.9 Å². The third-order valence-electron chi connectivity index (χ3n) is 2.42. The van der Waals surface area contributed by atoms with Gasteiger partial charge in [-0.2, -0.15) is 0 Å². The van der Waals surface area contributed by atoms with Gasteiger partial charge < -0.3 is 15.5 Å². The van der Waals surface area contributed by atoms with Crippen LogP contribution < -0.4 is 5.32 Å². The summed E-state index contributed by atoms with van der Waals surface area (Å²) in [7, 11) is 0. The molecule has 0 bridgehead atoms. The maximum absolute atomic E-state index is 9.88. The zero-order valence-corrected chi connectivity index (χ0v) is 10.3. The van der Waals surface area contributed by atoms with Crippen LogP contribution in [-0.2, 0) is 0 Å². The number of nitrogens with one attached hydrogen (secondary N) is 1. The fourth-order valence-corrected chi connectivity index (χ4v) is 1.36. The van der Waals surface area contributed by atoms with Crippen LogP contribution in [0.15, 0.2) is 24.3 Å². The van der Waals surface area contributed by atoms with Gasteiger partial charge in [0.25, 0.3) is 0 Å². The molecule has 1 aromatic carbocycles. The summed E-state index contributed by atoms with van der Waals surface area (Å²) >= 11 is 5.76. The fraction of sp³-hybridized carbons (Fsp3) is 0.500. The summed E-state index contributed by atoms with van der Waals surface area (Å²) in [5, 5.41) is 22.7. The number of hydrogen-bond acceptors (Lipinski definition) is 3. The smallest absolute Gasteiger partial charge is 0.0914 e. The highest BCUT2D eigenvalue weighted by molar-refractivity contribution is 6.30. The first kappa shape index (κ1) is 13.5. The minimum absolute atomic E-state index is 0.0281. The van der Waals surface area contributed by atoms with E-state index in [9.17, 15) is 5.11 Å². The zero-order valence-electron chi connectivity index (χ0n) is 9.57.